The Morgan fingerprint density at radius 1 is 1.16 bits per heavy atom. The number of pyridine rings is 1. The van der Waals surface area contributed by atoms with Gasteiger partial charge in [-0.2, -0.15) is 0 Å². The average Bonchev–Trinajstić information content (AvgIpc) is 3.17. The van der Waals surface area contributed by atoms with Gasteiger partial charge >= 0.3 is 0 Å². The molecule has 0 aliphatic heterocycles. The van der Waals surface area contributed by atoms with Crippen LogP contribution in [0.4, 0.5) is 0 Å². The third-order valence-corrected chi connectivity index (χ3v) is 7.82. The molecule has 0 spiro atoms. The summed E-state index contributed by atoms with van der Waals surface area (Å²) in [7, 11) is -2.20. The maximum Gasteiger partial charge on any atom is 0.268 e. The Morgan fingerprint density at radius 3 is 2.65 bits per heavy atom. The van der Waals surface area contributed by atoms with Gasteiger partial charge in [0.15, 0.2) is 0 Å². The van der Waals surface area contributed by atoms with E-state index < -0.39 is 7.37 Å². The summed E-state index contributed by atoms with van der Waals surface area (Å²) in [5, 5.41) is 4.77. The predicted molar refractivity (Wildman–Crippen MR) is 124 cm³/mol. The van der Waals surface area contributed by atoms with Crippen LogP contribution in [0.5, 0.6) is 0 Å². The molecule has 1 amide bonds. The molecule has 8 heteroatoms. The van der Waals surface area contributed by atoms with Crippen LogP contribution in [0.1, 0.15) is 21.6 Å². The second kappa shape index (κ2) is 8.67. The van der Waals surface area contributed by atoms with E-state index in [9.17, 15) is 9.36 Å². The predicted octanol–water partition coefficient (Wildman–Crippen LogP) is 4.33. The third-order valence-electron chi connectivity index (χ3n) is 5.06. The molecule has 4 aromatic rings. The zero-order valence-corrected chi connectivity index (χ0v) is 18.7. The molecule has 1 atom stereocenters. The number of hydrogen-bond acceptors (Lipinski definition) is 4. The van der Waals surface area contributed by atoms with Crippen molar-refractivity contribution in [3.05, 3.63) is 88.8 Å². The van der Waals surface area contributed by atoms with E-state index in [2.05, 4.69) is 15.3 Å². The van der Waals surface area contributed by atoms with Gasteiger partial charge in [-0.3, -0.25) is 14.3 Å². The van der Waals surface area contributed by atoms with E-state index in [0.717, 1.165) is 11.1 Å². The fraction of sp³-hybridized carbons (Fsp3) is 0.130. The first-order valence-electron chi connectivity index (χ1n) is 9.64. The highest BCUT2D eigenvalue weighted by Gasteiger charge is 2.36. The number of rotatable bonds is 6. The molecule has 2 heterocycles. The van der Waals surface area contributed by atoms with E-state index in [1.165, 1.54) is 7.11 Å². The van der Waals surface area contributed by atoms with Crippen molar-refractivity contribution in [2.75, 3.05) is 7.11 Å². The zero-order chi connectivity index (χ0) is 22.0. The summed E-state index contributed by atoms with van der Waals surface area (Å²) in [6.45, 7) is 2.22. The lowest BCUT2D eigenvalue weighted by molar-refractivity contribution is 0.0947. The summed E-state index contributed by atoms with van der Waals surface area (Å²) in [6.07, 6.45) is 3.32. The van der Waals surface area contributed by atoms with Crippen molar-refractivity contribution in [1.29, 1.82) is 0 Å². The van der Waals surface area contributed by atoms with Crippen LogP contribution >= 0.6 is 19.0 Å². The molecule has 0 saturated carbocycles. The molecule has 31 heavy (non-hydrogen) atoms. The van der Waals surface area contributed by atoms with E-state index in [-0.39, 0.29) is 11.6 Å². The van der Waals surface area contributed by atoms with Gasteiger partial charge in [-0.05, 0) is 55.0 Å². The van der Waals surface area contributed by atoms with Crippen molar-refractivity contribution < 1.29 is 13.9 Å². The largest absolute Gasteiger partial charge is 0.350 e. The second-order valence-electron chi connectivity index (χ2n) is 7.15. The number of hydrogen-bond donors (Lipinski definition) is 2. The van der Waals surface area contributed by atoms with Gasteiger partial charge in [0.25, 0.3) is 13.3 Å². The number of amides is 1. The SMILES string of the molecule is COP(=O)(c1cccc(C)c1)c1c(C(=O)NCc2ccncc2)[nH]c2ccc(Cl)cc12. The number of aromatic amines is 1. The number of fused-ring (bicyclic) bond motifs is 1. The lowest BCUT2D eigenvalue weighted by Gasteiger charge is -2.18. The summed E-state index contributed by atoms with van der Waals surface area (Å²) in [4.78, 5) is 20.3. The summed E-state index contributed by atoms with van der Waals surface area (Å²) < 4.78 is 19.9. The number of halogens is 1. The summed E-state index contributed by atoms with van der Waals surface area (Å²) >= 11 is 6.23. The Balaban J connectivity index is 1.85. The van der Waals surface area contributed by atoms with E-state index in [4.69, 9.17) is 16.1 Å². The van der Waals surface area contributed by atoms with Crippen molar-refractivity contribution in [2.45, 2.75) is 13.5 Å². The summed E-state index contributed by atoms with van der Waals surface area (Å²) in [5.74, 6) is -0.385. The number of aromatic nitrogens is 2. The fourth-order valence-corrected chi connectivity index (χ4v) is 5.96. The van der Waals surface area contributed by atoms with Crippen LogP contribution in [-0.2, 0) is 15.6 Å². The number of benzene rings is 2. The summed E-state index contributed by atoms with van der Waals surface area (Å²) in [5.41, 5.74) is 2.69. The normalized spacial score (nSPS) is 13.1. The molecular formula is C23H21ClN3O3P. The van der Waals surface area contributed by atoms with Crippen molar-refractivity contribution >= 4 is 46.4 Å². The lowest BCUT2D eigenvalue weighted by atomic mass is 10.2. The molecule has 2 aromatic heterocycles. The van der Waals surface area contributed by atoms with Crippen LogP contribution in [-0.4, -0.2) is 23.0 Å². The molecule has 6 nitrogen and oxygen atoms in total. The lowest BCUT2D eigenvalue weighted by Crippen LogP contribution is -2.30. The average molecular weight is 454 g/mol. The smallest absolute Gasteiger partial charge is 0.268 e. The quantitative estimate of drug-likeness (QED) is 0.426. The number of carbonyl (C=O) groups excluding carboxylic acids is 1. The molecule has 4 rings (SSSR count). The van der Waals surface area contributed by atoms with Gasteiger partial charge in [0, 0.05) is 47.3 Å². The van der Waals surface area contributed by atoms with Gasteiger partial charge in [0.2, 0.25) is 0 Å². The minimum absolute atomic E-state index is 0.193. The molecule has 0 aliphatic carbocycles. The number of aryl methyl sites for hydroxylation is 1. The van der Waals surface area contributed by atoms with E-state index >= 15 is 0 Å². The molecule has 0 radical (unpaired) electrons. The number of nitrogens with zero attached hydrogens (tertiary/aromatic N) is 1. The van der Waals surface area contributed by atoms with Crippen molar-refractivity contribution in [3.63, 3.8) is 0 Å². The maximum absolute atomic E-state index is 14.2. The van der Waals surface area contributed by atoms with Crippen molar-refractivity contribution in [2.24, 2.45) is 0 Å². The second-order valence-corrected chi connectivity index (χ2v) is 10.0. The summed E-state index contributed by atoms with van der Waals surface area (Å²) in [6, 6.07) is 16.1. The molecule has 0 fully saturated rings. The van der Waals surface area contributed by atoms with E-state index in [1.54, 1.807) is 36.7 Å². The number of nitrogens with one attached hydrogen (secondary N) is 2. The molecule has 0 bridgehead atoms. The van der Waals surface area contributed by atoms with E-state index in [1.807, 2.05) is 37.3 Å². The van der Waals surface area contributed by atoms with Crippen LogP contribution in [0.25, 0.3) is 10.9 Å². The monoisotopic (exact) mass is 453 g/mol. The Hall–Kier alpha value is -2.92. The first kappa shape index (κ1) is 21.3. The molecular weight excluding hydrogens is 433 g/mol. The van der Waals surface area contributed by atoms with Gasteiger partial charge in [0.1, 0.15) is 5.69 Å². The van der Waals surface area contributed by atoms with Crippen LogP contribution < -0.4 is 15.9 Å². The molecule has 1 unspecified atom stereocenters. The Bertz CT molecular complexity index is 1300. The van der Waals surface area contributed by atoms with E-state index in [0.29, 0.717) is 33.1 Å². The van der Waals surface area contributed by atoms with Crippen LogP contribution in [0.3, 0.4) is 0 Å². The third kappa shape index (κ3) is 4.15. The van der Waals surface area contributed by atoms with Gasteiger partial charge in [-0.1, -0.05) is 29.3 Å². The maximum atomic E-state index is 14.2. The Kier molecular flexibility index (Phi) is 5.96. The standard InChI is InChI=1S/C23H21ClN3O3P/c1-15-4-3-5-18(12-15)31(29,30-2)22-19-13-17(24)6-7-20(19)27-21(22)23(28)26-14-16-8-10-25-11-9-16/h3-13,27H,14H2,1-2H3,(H,26,28). The molecule has 0 aliphatic rings. The molecule has 0 saturated heterocycles. The topological polar surface area (TPSA) is 84.1 Å². The first-order chi connectivity index (χ1) is 14.9. The molecule has 2 aromatic carbocycles. The highest BCUT2D eigenvalue weighted by atomic mass is 35.5. The van der Waals surface area contributed by atoms with Crippen molar-refractivity contribution in [3.8, 4) is 0 Å². The highest BCUT2D eigenvalue weighted by Crippen LogP contribution is 2.47. The Morgan fingerprint density at radius 2 is 1.94 bits per heavy atom. The zero-order valence-electron chi connectivity index (χ0n) is 17.1. The Labute approximate surface area is 185 Å². The first-order valence-corrected chi connectivity index (χ1v) is 11.6. The molecule has 2 N–H and O–H groups in total. The van der Waals surface area contributed by atoms with Crippen LogP contribution in [0, 0.1) is 6.92 Å². The van der Waals surface area contributed by atoms with Crippen LogP contribution in [0.15, 0.2) is 67.0 Å². The van der Waals surface area contributed by atoms with Gasteiger partial charge in [-0.15, -0.1) is 0 Å². The minimum atomic E-state index is -3.60. The van der Waals surface area contributed by atoms with Crippen molar-refractivity contribution in [1.82, 2.24) is 15.3 Å². The van der Waals surface area contributed by atoms with Gasteiger partial charge < -0.3 is 14.8 Å². The number of H-pyrrole nitrogens is 1. The van der Waals surface area contributed by atoms with Crippen LogP contribution in [0.2, 0.25) is 5.02 Å². The molecule has 158 valence electrons. The highest BCUT2D eigenvalue weighted by molar-refractivity contribution is 7.75. The minimum Gasteiger partial charge on any atom is -0.350 e. The fourth-order valence-electron chi connectivity index (χ4n) is 3.53. The van der Waals surface area contributed by atoms with Gasteiger partial charge in [-0.25, -0.2) is 0 Å². The number of carbonyl (C=O) groups is 1. The van der Waals surface area contributed by atoms with Gasteiger partial charge in [0.05, 0.1) is 5.30 Å².